The summed E-state index contributed by atoms with van der Waals surface area (Å²) in [6.07, 6.45) is 4.32. The number of aromatic nitrogens is 1. The van der Waals surface area contributed by atoms with Crippen molar-refractivity contribution in [3.8, 4) is 11.1 Å². The summed E-state index contributed by atoms with van der Waals surface area (Å²) >= 11 is 5.99. The summed E-state index contributed by atoms with van der Waals surface area (Å²) in [6.45, 7) is 0.450. The van der Waals surface area contributed by atoms with Crippen molar-refractivity contribution in [1.29, 1.82) is 0 Å². The van der Waals surface area contributed by atoms with Gasteiger partial charge in [-0.3, -0.25) is 14.6 Å². The van der Waals surface area contributed by atoms with Gasteiger partial charge in [-0.2, -0.15) is 8.78 Å². The van der Waals surface area contributed by atoms with Crippen molar-refractivity contribution in [2.45, 2.75) is 67.9 Å². The van der Waals surface area contributed by atoms with Crippen LogP contribution in [0, 0.1) is 11.8 Å². The molecule has 0 bridgehead atoms. The third-order valence-electron chi connectivity index (χ3n) is 8.58. The number of carbonyl (C=O) groups is 1. The molecular weight excluding hydrogens is 610 g/mol. The minimum Gasteiger partial charge on any atom is -0.342 e. The van der Waals surface area contributed by atoms with Crippen LogP contribution in [0.3, 0.4) is 0 Å². The largest absolute Gasteiger partial charge is 0.342 e. The smallest absolute Gasteiger partial charge is 0.303 e. The van der Waals surface area contributed by atoms with Crippen LogP contribution in [0.1, 0.15) is 50.6 Å². The van der Waals surface area contributed by atoms with Crippen molar-refractivity contribution in [3.05, 3.63) is 83.6 Å². The second-order valence-electron chi connectivity index (χ2n) is 11.6. The van der Waals surface area contributed by atoms with E-state index in [1.54, 1.807) is 42.5 Å². The highest BCUT2D eigenvalue weighted by Gasteiger charge is 2.55. The van der Waals surface area contributed by atoms with Gasteiger partial charge in [0.05, 0.1) is 4.90 Å². The third kappa shape index (κ3) is 7.46. The average molecular weight is 647 g/mol. The fraction of sp³-hybridized carbons (Fsp3) is 0.438. The van der Waals surface area contributed by atoms with E-state index in [0.717, 1.165) is 24.8 Å². The molecule has 1 saturated carbocycles. The Morgan fingerprint density at radius 2 is 1.59 bits per heavy atom. The molecule has 2 atom stereocenters. The van der Waals surface area contributed by atoms with Crippen LogP contribution < -0.4 is 10.6 Å². The van der Waals surface area contributed by atoms with E-state index in [0.29, 0.717) is 36.3 Å². The van der Waals surface area contributed by atoms with Crippen molar-refractivity contribution in [2.24, 2.45) is 17.6 Å². The maximum atomic E-state index is 16.8. The zero-order valence-electron chi connectivity index (χ0n) is 24.2. The first-order valence-electron chi connectivity index (χ1n) is 14.9. The molecule has 44 heavy (non-hydrogen) atoms. The Morgan fingerprint density at radius 3 is 2.20 bits per heavy atom. The summed E-state index contributed by atoms with van der Waals surface area (Å²) in [5, 5.41) is 0.543. The molecule has 1 aliphatic carbocycles. The van der Waals surface area contributed by atoms with E-state index in [1.807, 2.05) is 0 Å². The van der Waals surface area contributed by atoms with Gasteiger partial charge in [-0.05, 0) is 67.5 Å². The van der Waals surface area contributed by atoms with Crippen LogP contribution in [0.15, 0.2) is 77.8 Å². The highest BCUT2D eigenvalue weighted by atomic mass is 35.5. The maximum Gasteiger partial charge on any atom is 0.303 e. The molecule has 1 saturated heterocycles. The van der Waals surface area contributed by atoms with E-state index in [1.165, 1.54) is 35.4 Å². The molecule has 2 aliphatic rings. The van der Waals surface area contributed by atoms with Crippen LogP contribution in [0.25, 0.3) is 11.1 Å². The standard InChI is InChI=1S/C32H37ClF2N4O4S/c33-25-14-11-22(12-15-25)24-13-16-28(37-21-24)32(34,35)29(31(40)39-19-17-26(36)18-20-39)30(23-7-3-1-4-8-23)43-38-44(41,42)27-9-5-2-6-10-27/h2,5-6,9-16,21,23,26,29-30,38H,1,3-4,7-8,17-20,36H2. The fourth-order valence-electron chi connectivity index (χ4n) is 6.05. The normalized spacial score (nSPS) is 18.6. The van der Waals surface area contributed by atoms with Crippen molar-refractivity contribution in [1.82, 2.24) is 14.8 Å². The molecule has 236 valence electrons. The predicted octanol–water partition coefficient (Wildman–Crippen LogP) is 5.92. The number of carbonyl (C=O) groups excluding carboxylic acids is 1. The number of rotatable bonds is 10. The number of amides is 1. The lowest BCUT2D eigenvalue weighted by Gasteiger charge is -2.41. The van der Waals surface area contributed by atoms with E-state index in [2.05, 4.69) is 9.87 Å². The number of halogens is 3. The van der Waals surface area contributed by atoms with Gasteiger partial charge in [-0.15, -0.1) is 0 Å². The maximum absolute atomic E-state index is 16.8. The van der Waals surface area contributed by atoms with Crippen LogP contribution in [0.5, 0.6) is 0 Å². The number of nitrogens with one attached hydrogen (secondary N) is 1. The first kappa shape index (κ1) is 32.4. The van der Waals surface area contributed by atoms with E-state index in [4.69, 9.17) is 22.2 Å². The highest BCUT2D eigenvalue weighted by Crippen LogP contribution is 2.44. The van der Waals surface area contributed by atoms with Crippen molar-refractivity contribution < 1.29 is 26.8 Å². The van der Waals surface area contributed by atoms with E-state index < -0.39 is 45.5 Å². The zero-order valence-corrected chi connectivity index (χ0v) is 25.8. The molecule has 1 amide bonds. The van der Waals surface area contributed by atoms with E-state index >= 15 is 8.78 Å². The molecule has 2 aromatic carbocycles. The van der Waals surface area contributed by atoms with Crippen LogP contribution in [0.4, 0.5) is 8.78 Å². The number of benzene rings is 2. The van der Waals surface area contributed by atoms with Gasteiger partial charge in [0.2, 0.25) is 5.91 Å². The summed E-state index contributed by atoms with van der Waals surface area (Å²) in [5.41, 5.74) is 6.79. The molecule has 0 spiro atoms. The number of nitrogens with zero attached hydrogens (tertiary/aromatic N) is 2. The van der Waals surface area contributed by atoms with Gasteiger partial charge in [-0.1, -0.05) is 72.1 Å². The number of sulfonamides is 1. The minimum absolute atomic E-state index is 0.0819. The van der Waals surface area contributed by atoms with Gasteiger partial charge >= 0.3 is 5.92 Å². The number of pyridine rings is 1. The van der Waals surface area contributed by atoms with Crippen molar-refractivity contribution in [2.75, 3.05) is 13.1 Å². The van der Waals surface area contributed by atoms with E-state index in [-0.39, 0.29) is 24.0 Å². The Kier molecular flexibility index (Phi) is 10.3. The van der Waals surface area contributed by atoms with Gasteiger partial charge in [0.1, 0.15) is 17.7 Å². The number of hydrogen-bond acceptors (Lipinski definition) is 6. The summed E-state index contributed by atoms with van der Waals surface area (Å²) in [7, 11) is -4.22. The Morgan fingerprint density at radius 1 is 0.955 bits per heavy atom. The first-order chi connectivity index (χ1) is 21.1. The molecule has 8 nitrogen and oxygen atoms in total. The Labute approximate surface area is 262 Å². The number of nitrogens with two attached hydrogens (primary N) is 1. The first-order valence-corrected chi connectivity index (χ1v) is 16.8. The summed E-state index contributed by atoms with van der Waals surface area (Å²) < 4.78 is 59.9. The van der Waals surface area contributed by atoms with Crippen LogP contribution >= 0.6 is 11.6 Å². The van der Waals surface area contributed by atoms with Crippen LogP contribution in [0.2, 0.25) is 5.02 Å². The lowest BCUT2D eigenvalue weighted by molar-refractivity contribution is -0.184. The number of piperidine rings is 1. The lowest BCUT2D eigenvalue weighted by Crippen LogP contribution is -2.55. The minimum atomic E-state index is -4.22. The van der Waals surface area contributed by atoms with Crippen molar-refractivity contribution in [3.63, 3.8) is 0 Å². The van der Waals surface area contributed by atoms with Gasteiger partial charge in [0.15, 0.2) is 0 Å². The quantitative estimate of drug-likeness (QED) is 0.264. The molecule has 2 heterocycles. The summed E-state index contributed by atoms with van der Waals surface area (Å²) in [5.74, 6) is -7.12. The molecule has 12 heteroatoms. The third-order valence-corrected chi connectivity index (χ3v) is 10.0. The predicted molar refractivity (Wildman–Crippen MR) is 164 cm³/mol. The number of likely N-dealkylation sites (tertiary alicyclic amines) is 1. The highest BCUT2D eigenvalue weighted by molar-refractivity contribution is 7.89. The Balaban J connectivity index is 1.52. The van der Waals surface area contributed by atoms with Crippen molar-refractivity contribution >= 4 is 27.5 Å². The monoisotopic (exact) mass is 646 g/mol. The van der Waals surface area contributed by atoms with Crippen LogP contribution in [-0.4, -0.2) is 49.4 Å². The van der Waals surface area contributed by atoms with Crippen LogP contribution in [-0.2, 0) is 25.6 Å². The lowest BCUT2D eigenvalue weighted by atomic mass is 9.77. The molecule has 2 unspecified atom stereocenters. The topological polar surface area (TPSA) is 115 Å². The molecule has 3 N–H and O–H groups in total. The molecule has 1 aliphatic heterocycles. The van der Waals surface area contributed by atoms with Gasteiger partial charge < -0.3 is 10.6 Å². The Hall–Kier alpha value is -2.96. The second kappa shape index (κ2) is 14.0. The van der Waals surface area contributed by atoms with Gasteiger partial charge in [0, 0.05) is 35.9 Å². The van der Waals surface area contributed by atoms with E-state index in [9.17, 15) is 13.2 Å². The molecule has 5 rings (SSSR count). The van der Waals surface area contributed by atoms with Gasteiger partial charge in [0.25, 0.3) is 10.0 Å². The molecule has 3 aromatic rings. The fourth-order valence-corrected chi connectivity index (χ4v) is 7.02. The second-order valence-corrected chi connectivity index (χ2v) is 13.7. The zero-order chi connectivity index (χ0) is 31.3. The van der Waals surface area contributed by atoms with Gasteiger partial charge in [-0.25, -0.2) is 8.42 Å². The SMILES string of the molecule is NC1CCN(C(=O)C(C(ONS(=O)(=O)c2ccccc2)C2CCCCC2)C(F)(F)c2ccc(-c3ccc(Cl)cc3)cn2)CC1. The molecule has 0 radical (unpaired) electrons. The number of alkyl halides is 2. The number of hydrogen-bond donors (Lipinski definition) is 2. The summed E-state index contributed by atoms with van der Waals surface area (Å²) in [4.78, 5) is 27.4. The summed E-state index contributed by atoms with van der Waals surface area (Å²) in [6, 6.07) is 17.0. The Bertz CT molecular complexity index is 1500. The molecular formula is C32H37ClF2N4O4S. The average Bonchev–Trinajstić information content (AvgIpc) is 3.04. The molecule has 2 fully saturated rings. The molecule has 1 aromatic heterocycles.